The average molecular weight is 380 g/mol. The molecule has 138 valence electrons. The molecule has 3 aromatic rings. The van der Waals surface area contributed by atoms with E-state index in [0.29, 0.717) is 12.1 Å². The third-order valence-electron chi connectivity index (χ3n) is 4.22. The van der Waals surface area contributed by atoms with E-state index in [0.717, 1.165) is 16.7 Å². The Morgan fingerprint density at radius 1 is 0.889 bits per heavy atom. The van der Waals surface area contributed by atoms with E-state index in [9.17, 15) is 13.2 Å². The highest BCUT2D eigenvalue weighted by Gasteiger charge is 2.14. The molecule has 3 aromatic carbocycles. The van der Waals surface area contributed by atoms with E-state index in [-0.39, 0.29) is 10.8 Å². The minimum absolute atomic E-state index is 0.0577. The summed E-state index contributed by atoms with van der Waals surface area (Å²) in [6.07, 6.45) is 0. The van der Waals surface area contributed by atoms with Crippen LogP contribution in [0.25, 0.3) is 11.1 Å². The predicted molar refractivity (Wildman–Crippen MR) is 106 cm³/mol. The van der Waals surface area contributed by atoms with E-state index in [2.05, 4.69) is 10.0 Å². The Labute approximate surface area is 159 Å². The Balaban J connectivity index is 1.79. The molecule has 0 saturated heterocycles. The van der Waals surface area contributed by atoms with E-state index in [1.807, 2.05) is 54.6 Å². The van der Waals surface area contributed by atoms with Crippen LogP contribution in [0.1, 0.15) is 15.9 Å². The van der Waals surface area contributed by atoms with Crippen molar-refractivity contribution in [2.45, 2.75) is 11.4 Å². The summed E-state index contributed by atoms with van der Waals surface area (Å²) in [4.78, 5) is 12.6. The van der Waals surface area contributed by atoms with Crippen molar-refractivity contribution in [1.82, 2.24) is 10.0 Å². The van der Waals surface area contributed by atoms with Crippen molar-refractivity contribution in [3.05, 3.63) is 90.0 Å². The number of carbonyl (C=O) groups excluding carboxylic acids is 1. The summed E-state index contributed by atoms with van der Waals surface area (Å²) in [6.45, 7) is 0.340. The molecule has 27 heavy (non-hydrogen) atoms. The van der Waals surface area contributed by atoms with Crippen molar-refractivity contribution in [3.8, 4) is 11.1 Å². The van der Waals surface area contributed by atoms with Crippen molar-refractivity contribution in [3.63, 3.8) is 0 Å². The Hall–Kier alpha value is -2.96. The van der Waals surface area contributed by atoms with Crippen LogP contribution in [0.5, 0.6) is 0 Å². The van der Waals surface area contributed by atoms with E-state index < -0.39 is 10.0 Å². The molecule has 0 heterocycles. The van der Waals surface area contributed by atoms with Gasteiger partial charge in [0.25, 0.3) is 5.91 Å². The molecule has 2 N–H and O–H groups in total. The Bertz CT molecular complexity index is 1050. The highest BCUT2D eigenvalue weighted by molar-refractivity contribution is 7.89. The molecule has 5 nitrogen and oxygen atoms in total. The van der Waals surface area contributed by atoms with Crippen LogP contribution in [0.2, 0.25) is 0 Å². The van der Waals surface area contributed by atoms with Crippen LogP contribution in [0.3, 0.4) is 0 Å². The molecule has 0 saturated carbocycles. The molecule has 0 aliphatic heterocycles. The van der Waals surface area contributed by atoms with E-state index in [1.165, 1.54) is 19.2 Å². The molecule has 6 heteroatoms. The molecule has 0 atom stereocenters. The zero-order chi connectivity index (χ0) is 19.3. The van der Waals surface area contributed by atoms with Gasteiger partial charge in [-0.05, 0) is 41.9 Å². The van der Waals surface area contributed by atoms with Gasteiger partial charge in [-0.25, -0.2) is 13.1 Å². The zero-order valence-electron chi connectivity index (χ0n) is 14.8. The van der Waals surface area contributed by atoms with E-state index >= 15 is 0 Å². The van der Waals surface area contributed by atoms with Crippen LogP contribution >= 0.6 is 0 Å². The fourth-order valence-electron chi connectivity index (χ4n) is 2.77. The molecule has 1 amide bonds. The second-order valence-electron chi connectivity index (χ2n) is 5.94. The molecule has 0 bridgehead atoms. The average Bonchev–Trinajstić information content (AvgIpc) is 2.73. The maximum absolute atomic E-state index is 12.5. The van der Waals surface area contributed by atoms with Gasteiger partial charge in [-0.3, -0.25) is 4.79 Å². The van der Waals surface area contributed by atoms with Crippen LogP contribution in [0.15, 0.2) is 83.8 Å². The highest BCUT2D eigenvalue weighted by atomic mass is 32.2. The number of hydrogen-bond donors (Lipinski definition) is 2. The lowest BCUT2D eigenvalue weighted by atomic mass is 10.00. The molecule has 0 spiro atoms. The SMILES string of the molecule is CNS(=O)(=O)c1cccc(C(=O)NCc2ccccc2-c2ccccc2)c1. The number of benzene rings is 3. The van der Waals surface area contributed by atoms with Gasteiger partial charge in [-0.15, -0.1) is 0 Å². The van der Waals surface area contributed by atoms with E-state index in [1.54, 1.807) is 12.1 Å². The summed E-state index contributed by atoms with van der Waals surface area (Å²) in [5, 5.41) is 2.87. The summed E-state index contributed by atoms with van der Waals surface area (Å²) in [6, 6.07) is 23.8. The van der Waals surface area contributed by atoms with Crippen LogP contribution in [-0.2, 0) is 16.6 Å². The summed E-state index contributed by atoms with van der Waals surface area (Å²) in [5.74, 6) is -0.328. The molecule has 0 fully saturated rings. The van der Waals surface area contributed by atoms with Gasteiger partial charge in [0.05, 0.1) is 4.90 Å². The van der Waals surface area contributed by atoms with Crippen molar-refractivity contribution in [2.75, 3.05) is 7.05 Å². The van der Waals surface area contributed by atoms with Gasteiger partial charge in [0.2, 0.25) is 10.0 Å². The van der Waals surface area contributed by atoms with Crippen LogP contribution in [0.4, 0.5) is 0 Å². The molecule has 0 aromatic heterocycles. The Kier molecular flexibility index (Phi) is 5.69. The predicted octanol–water partition coefficient (Wildman–Crippen LogP) is 3.19. The topological polar surface area (TPSA) is 75.3 Å². The second-order valence-corrected chi connectivity index (χ2v) is 7.83. The summed E-state index contributed by atoms with van der Waals surface area (Å²) < 4.78 is 26.1. The van der Waals surface area contributed by atoms with Crippen molar-refractivity contribution < 1.29 is 13.2 Å². The lowest BCUT2D eigenvalue weighted by molar-refractivity contribution is 0.0950. The summed E-state index contributed by atoms with van der Waals surface area (Å²) in [5.41, 5.74) is 3.40. The molecular formula is C21H20N2O3S. The monoisotopic (exact) mass is 380 g/mol. The molecule has 0 aliphatic carbocycles. The van der Waals surface area contributed by atoms with Gasteiger partial charge in [-0.2, -0.15) is 0 Å². The fraction of sp³-hybridized carbons (Fsp3) is 0.0952. The summed E-state index contributed by atoms with van der Waals surface area (Å²) >= 11 is 0. The first-order chi connectivity index (χ1) is 13.0. The number of hydrogen-bond acceptors (Lipinski definition) is 3. The van der Waals surface area contributed by atoms with Gasteiger partial charge < -0.3 is 5.32 Å². The number of nitrogens with one attached hydrogen (secondary N) is 2. The molecule has 0 aliphatic rings. The number of amides is 1. The van der Waals surface area contributed by atoms with Crippen LogP contribution in [0, 0.1) is 0 Å². The first kappa shape index (κ1) is 18.8. The van der Waals surface area contributed by atoms with Crippen LogP contribution < -0.4 is 10.0 Å². The van der Waals surface area contributed by atoms with Gasteiger partial charge >= 0.3 is 0 Å². The van der Waals surface area contributed by atoms with Crippen molar-refractivity contribution >= 4 is 15.9 Å². The number of carbonyl (C=O) groups is 1. The molecule has 0 radical (unpaired) electrons. The first-order valence-electron chi connectivity index (χ1n) is 8.46. The van der Waals surface area contributed by atoms with Crippen molar-refractivity contribution in [2.24, 2.45) is 0 Å². The molecular weight excluding hydrogens is 360 g/mol. The second kappa shape index (κ2) is 8.16. The van der Waals surface area contributed by atoms with E-state index in [4.69, 9.17) is 0 Å². The quantitative estimate of drug-likeness (QED) is 0.690. The van der Waals surface area contributed by atoms with Gasteiger partial charge in [-0.1, -0.05) is 60.7 Å². The Morgan fingerprint density at radius 2 is 1.59 bits per heavy atom. The van der Waals surface area contributed by atoms with Crippen LogP contribution in [-0.4, -0.2) is 21.4 Å². The highest BCUT2D eigenvalue weighted by Crippen LogP contribution is 2.23. The van der Waals surface area contributed by atoms with Gasteiger partial charge in [0.15, 0.2) is 0 Å². The molecule has 3 rings (SSSR count). The smallest absolute Gasteiger partial charge is 0.251 e. The van der Waals surface area contributed by atoms with Crippen molar-refractivity contribution in [1.29, 1.82) is 0 Å². The number of rotatable bonds is 6. The maximum atomic E-state index is 12.5. The zero-order valence-corrected chi connectivity index (χ0v) is 15.7. The minimum atomic E-state index is -3.59. The Morgan fingerprint density at radius 3 is 2.33 bits per heavy atom. The lowest BCUT2D eigenvalue weighted by Gasteiger charge is -2.11. The van der Waals surface area contributed by atoms with Gasteiger partial charge in [0.1, 0.15) is 0 Å². The van der Waals surface area contributed by atoms with Gasteiger partial charge in [0, 0.05) is 12.1 Å². The third kappa shape index (κ3) is 4.42. The third-order valence-corrected chi connectivity index (χ3v) is 5.63. The first-order valence-corrected chi connectivity index (χ1v) is 9.95. The maximum Gasteiger partial charge on any atom is 0.251 e. The largest absolute Gasteiger partial charge is 0.348 e. The normalized spacial score (nSPS) is 11.1. The standard InChI is InChI=1S/C21H20N2O3S/c1-22-27(25,26)19-12-7-11-17(14-19)21(24)23-15-18-10-5-6-13-20(18)16-8-3-2-4-9-16/h2-14,22H,15H2,1H3,(H,23,24). The number of sulfonamides is 1. The lowest BCUT2D eigenvalue weighted by Crippen LogP contribution is -2.24. The summed E-state index contributed by atoms with van der Waals surface area (Å²) in [7, 11) is -2.26. The minimum Gasteiger partial charge on any atom is -0.348 e. The molecule has 0 unspecified atom stereocenters. The fourth-order valence-corrected chi connectivity index (χ4v) is 3.55.